The van der Waals surface area contributed by atoms with Crippen molar-refractivity contribution in [2.45, 2.75) is 57.0 Å². The molecule has 2 aliphatic heterocycles. The van der Waals surface area contributed by atoms with Gasteiger partial charge in [0.25, 0.3) is 0 Å². The predicted molar refractivity (Wildman–Crippen MR) is 90.5 cm³/mol. The number of nitrogens with zero attached hydrogens (tertiary/aromatic N) is 2. The fourth-order valence-corrected chi connectivity index (χ4v) is 3.86. The summed E-state index contributed by atoms with van der Waals surface area (Å²) in [5.41, 5.74) is 0. The second-order valence-electron chi connectivity index (χ2n) is 6.30. The first-order valence-electron chi connectivity index (χ1n) is 8.11. The largest absolute Gasteiger partial charge is 0.339 e. The highest BCUT2D eigenvalue weighted by molar-refractivity contribution is 5.85. The van der Waals surface area contributed by atoms with Gasteiger partial charge < -0.3 is 10.2 Å². The Labute approximate surface area is 140 Å². The van der Waals surface area contributed by atoms with Crippen molar-refractivity contribution in [1.29, 1.82) is 0 Å². The summed E-state index contributed by atoms with van der Waals surface area (Å²) in [7, 11) is 0. The van der Waals surface area contributed by atoms with E-state index in [4.69, 9.17) is 0 Å². The maximum Gasteiger partial charge on any atom is 0.239 e. The average Bonchev–Trinajstić information content (AvgIpc) is 3.02. The first-order valence-corrected chi connectivity index (χ1v) is 8.11. The van der Waals surface area contributed by atoms with Crippen LogP contribution in [0.25, 0.3) is 0 Å². The normalized spacial score (nSPS) is 27.8. The van der Waals surface area contributed by atoms with Gasteiger partial charge in [0, 0.05) is 32.2 Å². The number of carbonyl (C=O) groups excluding carboxylic acids is 1. The molecule has 0 aromatic rings. The van der Waals surface area contributed by atoms with Gasteiger partial charge in [0.2, 0.25) is 5.91 Å². The van der Waals surface area contributed by atoms with Crippen molar-refractivity contribution >= 4 is 30.7 Å². The van der Waals surface area contributed by atoms with E-state index in [1.807, 2.05) is 0 Å². The van der Waals surface area contributed by atoms with E-state index in [1.165, 1.54) is 38.5 Å². The molecule has 0 aromatic heterocycles. The molecule has 1 saturated carbocycles. The lowest BCUT2D eigenvalue weighted by molar-refractivity contribution is -0.136. The highest BCUT2D eigenvalue weighted by Gasteiger charge is 2.31. The summed E-state index contributed by atoms with van der Waals surface area (Å²) < 4.78 is 0. The molecule has 0 aromatic carbocycles. The highest BCUT2D eigenvalue weighted by atomic mass is 35.5. The zero-order chi connectivity index (χ0) is 13.1. The fraction of sp³-hybridized carbons (Fsp3) is 0.933. The number of nitrogens with one attached hydrogen (secondary N) is 1. The lowest BCUT2D eigenvalue weighted by atomic mass is 10.0. The Morgan fingerprint density at radius 1 is 0.857 bits per heavy atom. The Balaban J connectivity index is 0.00000110. The number of carbonyl (C=O) groups is 1. The van der Waals surface area contributed by atoms with Crippen LogP contribution in [0.15, 0.2) is 0 Å². The monoisotopic (exact) mass is 337 g/mol. The third kappa shape index (κ3) is 4.72. The number of hydrogen-bond donors (Lipinski definition) is 1. The summed E-state index contributed by atoms with van der Waals surface area (Å²) in [5.74, 6) is 0.353. The van der Waals surface area contributed by atoms with Crippen LogP contribution in [-0.2, 0) is 4.79 Å². The summed E-state index contributed by atoms with van der Waals surface area (Å²) in [6.07, 6.45) is 8.99. The molecule has 1 atom stereocenters. The third-order valence-corrected chi connectivity index (χ3v) is 5.08. The van der Waals surface area contributed by atoms with Gasteiger partial charge in [0.15, 0.2) is 0 Å². The molecule has 3 rings (SSSR count). The predicted octanol–water partition coefficient (Wildman–Crippen LogP) is 2.06. The van der Waals surface area contributed by atoms with E-state index in [-0.39, 0.29) is 30.9 Å². The molecule has 0 radical (unpaired) electrons. The molecule has 6 heteroatoms. The van der Waals surface area contributed by atoms with Crippen molar-refractivity contribution in [3.8, 4) is 0 Å². The molecule has 1 N–H and O–H groups in total. The molecule has 124 valence electrons. The standard InChI is InChI=1S/C15H27N3O.2ClH/c19-15(14-7-3-4-8-16-14)18-11-9-17(10-12-18)13-5-1-2-6-13;;/h13-14,16H,1-12H2;2*1H. The molecule has 3 aliphatic rings. The molecule has 2 saturated heterocycles. The van der Waals surface area contributed by atoms with Gasteiger partial charge in [-0.1, -0.05) is 19.3 Å². The van der Waals surface area contributed by atoms with Crippen LogP contribution in [0.4, 0.5) is 0 Å². The smallest absolute Gasteiger partial charge is 0.239 e. The summed E-state index contributed by atoms with van der Waals surface area (Å²) in [5, 5.41) is 3.38. The van der Waals surface area contributed by atoms with E-state index in [0.717, 1.165) is 45.2 Å². The molecule has 1 unspecified atom stereocenters. The minimum absolute atomic E-state index is 0. The van der Waals surface area contributed by atoms with Gasteiger partial charge in [-0.2, -0.15) is 0 Å². The number of hydrogen-bond acceptors (Lipinski definition) is 3. The Morgan fingerprint density at radius 3 is 2.05 bits per heavy atom. The number of piperidine rings is 1. The van der Waals surface area contributed by atoms with Gasteiger partial charge in [0.05, 0.1) is 6.04 Å². The summed E-state index contributed by atoms with van der Waals surface area (Å²) in [6.45, 7) is 5.06. The van der Waals surface area contributed by atoms with E-state index in [2.05, 4.69) is 15.1 Å². The Morgan fingerprint density at radius 2 is 1.48 bits per heavy atom. The lowest BCUT2D eigenvalue weighted by Crippen LogP contribution is -2.56. The Kier molecular flexibility index (Phi) is 8.32. The molecule has 0 bridgehead atoms. The van der Waals surface area contributed by atoms with Crippen molar-refractivity contribution in [3.05, 3.63) is 0 Å². The van der Waals surface area contributed by atoms with Gasteiger partial charge >= 0.3 is 0 Å². The summed E-state index contributed by atoms with van der Waals surface area (Å²) in [4.78, 5) is 17.1. The van der Waals surface area contributed by atoms with E-state index < -0.39 is 0 Å². The number of piperazine rings is 1. The molecular formula is C15H29Cl2N3O. The zero-order valence-electron chi connectivity index (χ0n) is 12.8. The van der Waals surface area contributed by atoms with Gasteiger partial charge in [-0.25, -0.2) is 0 Å². The molecule has 0 spiro atoms. The van der Waals surface area contributed by atoms with E-state index in [1.54, 1.807) is 0 Å². The minimum Gasteiger partial charge on any atom is -0.339 e. The first-order chi connectivity index (χ1) is 9.34. The van der Waals surface area contributed by atoms with Crippen LogP contribution in [0.5, 0.6) is 0 Å². The van der Waals surface area contributed by atoms with Gasteiger partial charge in [-0.3, -0.25) is 9.69 Å². The van der Waals surface area contributed by atoms with Crippen molar-refractivity contribution in [1.82, 2.24) is 15.1 Å². The van der Waals surface area contributed by atoms with Crippen LogP contribution in [0.2, 0.25) is 0 Å². The van der Waals surface area contributed by atoms with E-state index >= 15 is 0 Å². The number of halogens is 2. The third-order valence-electron chi connectivity index (χ3n) is 5.08. The van der Waals surface area contributed by atoms with E-state index in [0.29, 0.717) is 5.91 Å². The van der Waals surface area contributed by atoms with Crippen molar-refractivity contribution in [2.24, 2.45) is 0 Å². The molecule has 2 heterocycles. The quantitative estimate of drug-likeness (QED) is 0.837. The maximum atomic E-state index is 12.4. The zero-order valence-corrected chi connectivity index (χ0v) is 14.4. The van der Waals surface area contributed by atoms with Gasteiger partial charge in [0.1, 0.15) is 0 Å². The van der Waals surface area contributed by atoms with Gasteiger partial charge in [-0.15, -0.1) is 24.8 Å². The second kappa shape index (κ2) is 9.19. The fourth-order valence-electron chi connectivity index (χ4n) is 3.86. The second-order valence-corrected chi connectivity index (χ2v) is 6.30. The van der Waals surface area contributed by atoms with Crippen molar-refractivity contribution < 1.29 is 4.79 Å². The maximum absolute atomic E-state index is 12.4. The Hall–Kier alpha value is -0.0300. The van der Waals surface area contributed by atoms with Crippen molar-refractivity contribution in [2.75, 3.05) is 32.7 Å². The molecule has 21 heavy (non-hydrogen) atoms. The molecule has 4 nitrogen and oxygen atoms in total. The van der Waals surface area contributed by atoms with Crippen molar-refractivity contribution in [3.63, 3.8) is 0 Å². The lowest BCUT2D eigenvalue weighted by Gasteiger charge is -2.39. The van der Waals surface area contributed by atoms with Crippen LogP contribution in [0.3, 0.4) is 0 Å². The van der Waals surface area contributed by atoms with Crippen LogP contribution >= 0.6 is 24.8 Å². The molecule has 1 amide bonds. The molecule has 1 aliphatic carbocycles. The number of amides is 1. The van der Waals surface area contributed by atoms with Gasteiger partial charge in [-0.05, 0) is 32.2 Å². The highest BCUT2D eigenvalue weighted by Crippen LogP contribution is 2.24. The van der Waals surface area contributed by atoms with E-state index in [9.17, 15) is 4.79 Å². The average molecular weight is 338 g/mol. The van der Waals surface area contributed by atoms with Crippen LogP contribution in [-0.4, -0.2) is 60.5 Å². The van der Waals surface area contributed by atoms with Crippen LogP contribution in [0, 0.1) is 0 Å². The topological polar surface area (TPSA) is 35.6 Å². The first kappa shape index (κ1) is 19.0. The minimum atomic E-state index is 0. The summed E-state index contributed by atoms with van der Waals surface area (Å²) in [6, 6.07) is 0.914. The number of rotatable bonds is 2. The van der Waals surface area contributed by atoms with Crippen LogP contribution in [0.1, 0.15) is 44.9 Å². The SMILES string of the molecule is Cl.Cl.O=C(C1CCCCN1)N1CCN(C2CCCC2)CC1. The molecular weight excluding hydrogens is 309 g/mol. The molecule has 3 fully saturated rings. The Bertz CT molecular complexity index is 310. The van der Waals surface area contributed by atoms with Crippen LogP contribution < -0.4 is 5.32 Å². The summed E-state index contributed by atoms with van der Waals surface area (Å²) >= 11 is 0.